The van der Waals surface area contributed by atoms with Crippen LogP contribution in [-0.2, 0) is 4.74 Å². The molecule has 0 aliphatic carbocycles. The van der Waals surface area contributed by atoms with Crippen molar-refractivity contribution in [1.29, 1.82) is 5.26 Å². The molecule has 0 fully saturated rings. The molecule has 0 radical (unpaired) electrons. The number of rotatable bonds is 6. The number of nitrogens with zero attached hydrogens (tertiary/aromatic N) is 2. The van der Waals surface area contributed by atoms with Gasteiger partial charge < -0.3 is 10.5 Å². The number of hydrogen-bond donors (Lipinski definition) is 1. The van der Waals surface area contributed by atoms with E-state index in [0.29, 0.717) is 6.08 Å². The maximum absolute atomic E-state index is 12.9. The Bertz CT molecular complexity index is 978. The number of carbonyl (C=O) groups is 1. The summed E-state index contributed by atoms with van der Waals surface area (Å²) in [5.74, 6) is -0.651. The molecule has 0 aromatic heterocycles. The van der Waals surface area contributed by atoms with Gasteiger partial charge in [-0.15, -0.1) is 0 Å². The lowest BCUT2D eigenvalue weighted by molar-refractivity contribution is -0.0925. The highest BCUT2D eigenvalue weighted by Crippen LogP contribution is 2.27. The Kier molecular flexibility index (Phi) is 7.39. The Labute approximate surface area is 169 Å². The predicted molar refractivity (Wildman–Crippen MR) is 103 cm³/mol. The van der Waals surface area contributed by atoms with Crippen LogP contribution in [0.2, 0.25) is 5.02 Å². The normalized spacial score (nSPS) is 12.4. The predicted octanol–water partition coefficient (Wildman–Crippen LogP) is 4.94. The molecule has 0 atom stereocenters. The van der Waals surface area contributed by atoms with Crippen molar-refractivity contribution in [2.45, 2.75) is 12.6 Å². The van der Waals surface area contributed by atoms with Crippen LogP contribution in [0.15, 0.2) is 65.3 Å². The van der Waals surface area contributed by atoms with Crippen LogP contribution < -0.4 is 5.73 Å². The first-order valence-electron chi connectivity index (χ1n) is 8.24. The zero-order valence-electron chi connectivity index (χ0n) is 14.9. The van der Waals surface area contributed by atoms with Crippen molar-refractivity contribution in [3.05, 3.63) is 76.5 Å². The van der Waals surface area contributed by atoms with Gasteiger partial charge in [0, 0.05) is 5.56 Å². The second-order valence-electron chi connectivity index (χ2n) is 5.67. The largest absolute Gasteiger partial charge is 0.461 e. The molecular formula is C20H15ClF3N3O2. The molecule has 0 amide bonds. The molecule has 29 heavy (non-hydrogen) atoms. The molecule has 0 unspecified atom stereocenters. The average molecular weight is 422 g/mol. The Morgan fingerprint density at radius 3 is 2.38 bits per heavy atom. The molecule has 0 saturated heterocycles. The lowest BCUT2D eigenvalue weighted by atomic mass is 10.1. The summed E-state index contributed by atoms with van der Waals surface area (Å²) in [6, 6.07) is 13.8. The third-order valence-corrected chi connectivity index (χ3v) is 3.90. The van der Waals surface area contributed by atoms with E-state index in [1.54, 1.807) is 24.3 Å². The lowest BCUT2D eigenvalue weighted by Gasteiger charge is -2.09. The van der Waals surface area contributed by atoms with Gasteiger partial charge in [-0.1, -0.05) is 35.9 Å². The zero-order chi connectivity index (χ0) is 21.4. The summed E-state index contributed by atoms with van der Waals surface area (Å²) in [7, 11) is 0. The van der Waals surface area contributed by atoms with Gasteiger partial charge in [-0.25, -0.2) is 9.79 Å². The van der Waals surface area contributed by atoms with Crippen LogP contribution in [0.5, 0.6) is 0 Å². The van der Waals surface area contributed by atoms with E-state index in [0.717, 1.165) is 0 Å². The van der Waals surface area contributed by atoms with Crippen molar-refractivity contribution in [2.75, 3.05) is 6.61 Å². The van der Waals surface area contributed by atoms with E-state index in [1.165, 1.54) is 24.3 Å². The van der Waals surface area contributed by atoms with Gasteiger partial charge in [0.1, 0.15) is 12.3 Å². The topological polar surface area (TPSA) is 88.5 Å². The van der Waals surface area contributed by atoms with Crippen molar-refractivity contribution < 1.29 is 22.7 Å². The van der Waals surface area contributed by atoms with Crippen LogP contribution in [0, 0.1) is 11.3 Å². The number of nitriles is 1. The molecule has 0 aliphatic rings. The molecule has 2 aromatic rings. The van der Waals surface area contributed by atoms with Crippen LogP contribution in [0.25, 0.3) is 0 Å². The number of nitrogens with two attached hydrogens (primary N) is 1. The number of benzene rings is 2. The van der Waals surface area contributed by atoms with E-state index in [-0.39, 0.29) is 40.6 Å². The van der Waals surface area contributed by atoms with Gasteiger partial charge in [-0.05, 0) is 30.3 Å². The van der Waals surface area contributed by atoms with Gasteiger partial charge in [-0.3, -0.25) is 0 Å². The molecule has 2 rings (SSSR count). The fourth-order valence-corrected chi connectivity index (χ4v) is 2.31. The molecule has 2 N–H and O–H groups in total. The fourth-order valence-electron chi connectivity index (χ4n) is 2.13. The number of alkyl halides is 3. The minimum absolute atomic E-state index is 0.0544. The third kappa shape index (κ3) is 6.36. The van der Waals surface area contributed by atoms with Crippen LogP contribution in [0.3, 0.4) is 0 Å². The summed E-state index contributed by atoms with van der Waals surface area (Å²) < 4.78 is 43.6. The van der Waals surface area contributed by atoms with E-state index in [2.05, 4.69) is 4.99 Å². The molecule has 0 spiro atoms. The monoisotopic (exact) mass is 421 g/mol. The van der Waals surface area contributed by atoms with E-state index in [9.17, 15) is 18.0 Å². The number of hydrogen-bond acceptors (Lipinski definition) is 5. The summed E-state index contributed by atoms with van der Waals surface area (Å²) >= 11 is 6.04. The fraction of sp³-hybridized carbons (Fsp3) is 0.150. The number of carbonyl (C=O) groups excluding carboxylic acids is 1. The maximum atomic E-state index is 12.9. The molecule has 2 aromatic carbocycles. The summed E-state index contributed by atoms with van der Waals surface area (Å²) in [6.45, 7) is -0.0544. The van der Waals surface area contributed by atoms with Gasteiger partial charge in [-0.2, -0.15) is 18.4 Å². The highest BCUT2D eigenvalue weighted by atomic mass is 35.5. The number of ether oxygens (including phenoxy) is 1. The first-order valence-corrected chi connectivity index (χ1v) is 8.62. The third-order valence-electron chi connectivity index (χ3n) is 3.58. The minimum Gasteiger partial charge on any atom is -0.461 e. The molecule has 0 aliphatic heterocycles. The Morgan fingerprint density at radius 1 is 1.17 bits per heavy atom. The van der Waals surface area contributed by atoms with Crippen LogP contribution in [0.1, 0.15) is 22.3 Å². The van der Waals surface area contributed by atoms with Gasteiger partial charge in [0.2, 0.25) is 0 Å². The van der Waals surface area contributed by atoms with Gasteiger partial charge >= 0.3 is 12.1 Å². The second-order valence-corrected chi connectivity index (χ2v) is 6.07. The summed E-state index contributed by atoms with van der Waals surface area (Å²) in [5.41, 5.74) is 4.45. The molecule has 150 valence electrons. The quantitative estimate of drug-likeness (QED) is 0.406. The summed E-state index contributed by atoms with van der Waals surface area (Å²) in [4.78, 5) is 16.1. The second kappa shape index (κ2) is 9.75. The Balaban J connectivity index is 2.41. The van der Waals surface area contributed by atoms with Gasteiger partial charge in [0.25, 0.3) is 0 Å². The number of esters is 1. The van der Waals surface area contributed by atoms with E-state index >= 15 is 0 Å². The minimum atomic E-state index is -4.73. The maximum Gasteiger partial charge on any atom is 0.430 e. The Hall–Kier alpha value is -3.31. The van der Waals surface area contributed by atoms with Crippen LogP contribution in [-0.4, -0.2) is 24.5 Å². The number of aliphatic imine (C=N–C) groups is 1. The lowest BCUT2D eigenvalue weighted by Crippen LogP contribution is -2.21. The van der Waals surface area contributed by atoms with E-state index < -0.39 is 17.8 Å². The molecule has 5 nitrogen and oxygen atoms in total. The molecule has 9 heteroatoms. The van der Waals surface area contributed by atoms with E-state index in [1.807, 2.05) is 6.07 Å². The highest BCUT2D eigenvalue weighted by Gasteiger charge is 2.31. The smallest absolute Gasteiger partial charge is 0.430 e. The van der Waals surface area contributed by atoms with Crippen molar-refractivity contribution in [3.8, 4) is 6.07 Å². The number of halogens is 4. The number of allylic oxidation sites excluding steroid dienone is 2. The van der Waals surface area contributed by atoms with Crippen molar-refractivity contribution in [2.24, 2.45) is 10.7 Å². The summed E-state index contributed by atoms with van der Waals surface area (Å²) in [5, 5.41) is 8.71. The SMILES string of the molecule is N#CCCOC(=O)c1ccc(C(/C=C(\N)C(F)(F)F)=Nc2ccccc2Cl)cc1. The molecule has 0 heterocycles. The first-order chi connectivity index (χ1) is 13.7. The van der Waals surface area contributed by atoms with E-state index in [4.69, 9.17) is 27.3 Å². The van der Waals surface area contributed by atoms with Gasteiger partial charge in [0.05, 0.1) is 34.5 Å². The van der Waals surface area contributed by atoms with Crippen LogP contribution >= 0.6 is 11.6 Å². The van der Waals surface area contributed by atoms with Gasteiger partial charge in [0.15, 0.2) is 0 Å². The molecule has 0 bridgehead atoms. The first kappa shape index (κ1) is 22.0. The van der Waals surface area contributed by atoms with Crippen molar-refractivity contribution >= 4 is 29.0 Å². The molecule has 0 saturated carbocycles. The van der Waals surface area contributed by atoms with Crippen LogP contribution in [0.4, 0.5) is 18.9 Å². The number of para-hydroxylation sites is 1. The zero-order valence-corrected chi connectivity index (χ0v) is 15.7. The van der Waals surface area contributed by atoms with Crippen molar-refractivity contribution in [1.82, 2.24) is 0 Å². The highest BCUT2D eigenvalue weighted by molar-refractivity contribution is 6.33. The summed E-state index contributed by atoms with van der Waals surface area (Å²) in [6.07, 6.45) is -3.98. The Morgan fingerprint density at radius 2 is 1.79 bits per heavy atom. The average Bonchev–Trinajstić information content (AvgIpc) is 2.68. The molecular weight excluding hydrogens is 407 g/mol. The van der Waals surface area contributed by atoms with Crippen molar-refractivity contribution in [3.63, 3.8) is 0 Å². The standard InChI is InChI=1S/C20H15ClF3N3O2/c21-15-4-1-2-5-16(15)27-17(12-18(26)20(22,23)24)13-6-8-14(9-7-13)19(28)29-11-3-10-25/h1-2,4-9,12H,3,11,26H2/b18-12-,27-17?.